The highest BCUT2D eigenvalue weighted by molar-refractivity contribution is 5.45. The maximum atomic E-state index is 5.75. The second-order valence-corrected chi connectivity index (χ2v) is 5.90. The Kier molecular flexibility index (Phi) is 3.81. The van der Waals surface area contributed by atoms with E-state index in [1.807, 2.05) is 6.07 Å². The van der Waals surface area contributed by atoms with Crippen LogP contribution in [0.2, 0.25) is 0 Å². The lowest BCUT2D eigenvalue weighted by atomic mass is 9.74. The van der Waals surface area contributed by atoms with Crippen molar-refractivity contribution in [2.24, 2.45) is 11.1 Å². The van der Waals surface area contributed by atoms with Gasteiger partial charge in [0.05, 0.1) is 0 Å². The van der Waals surface area contributed by atoms with Crippen molar-refractivity contribution >= 4 is 0 Å². The molecule has 0 saturated heterocycles. The van der Waals surface area contributed by atoms with Gasteiger partial charge < -0.3 is 15.2 Å². The molecule has 18 heavy (non-hydrogen) atoms. The zero-order valence-electron chi connectivity index (χ0n) is 11.5. The van der Waals surface area contributed by atoms with Crippen LogP contribution in [0, 0.1) is 5.41 Å². The van der Waals surface area contributed by atoms with Gasteiger partial charge in [-0.15, -0.1) is 0 Å². The van der Waals surface area contributed by atoms with E-state index >= 15 is 0 Å². The van der Waals surface area contributed by atoms with E-state index in [1.165, 1.54) is 5.56 Å². The lowest BCUT2D eigenvalue weighted by Crippen LogP contribution is -2.22. The molecule has 1 heterocycles. The van der Waals surface area contributed by atoms with Crippen molar-refractivity contribution in [1.29, 1.82) is 0 Å². The van der Waals surface area contributed by atoms with Crippen LogP contribution in [0.3, 0.4) is 0 Å². The summed E-state index contributed by atoms with van der Waals surface area (Å²) < 4.78 is 11.2. The molecular weight excluding hydrogens is 226 g/mol. The van der Waals surface area contributed by atoms with Gasteiger partial charge in [-0.1, -0.05) is 26.8 Å². The Morgan fingerprint density at radius 1 is 1.17 bits per heavy atom. The number of ether oxygens (including phenoxy) is 2. The van der Waals surface area contributed by atoms with Gasteiger partial charge in [0.15, 0.2) is 11.5 Å². The maximum absolute atomic E-state index is 5.75. The van der Waals surface area contributed by atoms with Crippen LogP contribution in [0.4, 0.5) is 0 Å². The molecule has 1 aromatic rings. The van der Waals surface area contributed by atoms with Crippen molar-refractivity contribution in [2.45, 2.75) is 33.1 Å². The average molecular weight is 249 g/mol. The topological polar surface area (TPSA) is 44.5 Å². The van der Waals surface area contributed by atoms with Gasteiger partial charge in [-0.2, -0.15) is 0 Å². The van der Waals surface area contributed by atoms with Crippen LogP contribution in [0.5, 0.6) is 11.5 Å². The molecule has 3 heteroatoms. The summed E-state index contributed by atoms with van der Waals surface area (Å²) in [6.07, 6.45) is 0.989. The van der Waals surface area contributed by atoms with Gasteiger partial charge in [0.25, 0.3) is 0 Å². The number of nitrogens with two attached hydrogens (primary N) is 1. The van der Waals surface area contributed by atoms with Crippen molar-refractivity contribution in [3.05, 3.63) is 23.8 Å². The fourth-order valence-electron chi connectivity index (χ4n) is 2.54. The van der Waals surface area contributed by atoms with Crippen molar-refractivity contribution in [2.75, 3.05) is 19.8 Å². The van der Waals surface area contributed by atoms with E-state index in [2.05, 4.69) is 32.9 Å². The molecule has 3 nitrogen and oxygen atoms in total. The molecule has 1 atom stereocenters. The number of benzene rings is 1. The van der Waals surface area contributed by atoms with Crippen LogP contribution in [-0.2, 0) is 0 Å². The minimum absolute atomic E-state index is 0.198. The highest BCUT2D eigenvalue weighted by Gasteiger charge is 2.26. The zero-order chi connectivity index (χ0) is 13.2. The molecule has 0 saturated carbocycles. The molecule has 1 aromatic carbocycles. The van der Waals surface area contributed by atoms with Crippen LogP contribution in [-0.4, -0.2) is 19.8 Å². The van der Waals surface area contributed by atoms with Gasteiger partial charge >= 0.3 is 0 Å². The van der Waals surface area contributed by atoms with Crippen LogP contribution < -0.4 is 15.2 Å². The molecule has 0 amide bonds. The van der Waals surface area contributed by atoms with Crippen molar-refractivity contribution in [3.8, 4) is 11.5 Å². The second-order valence-electron chi connectivity index (χ2n) is 5.90. The largest absolute Gasteiger partial charge is 0.486 e. The molecular formula is C15H23NO2. The fourth-order valence-corrected chi connectivity index (χ4v) is 2.54. The summed E-state index contributed by atoms with van der Waals surface area (Å²) in [6, 6.07) is 6.26. The Hall–Kier alpha value is -1.22. The summed E-state index contributed by atoms with van der Waals surface area (Å²) in [5, 5.41) is 0. The Morgan fingerprint density at radius 3 is 2.44 bits per heavy atom. The van der Waals surface area contributed by atoms with Gasteiger partial charge in [-0.25, -0.2) is 0 Å². The molecule has 0 fully saturated rings. The van der Waals surface area contributed by atoms with E-state index in [0.29, 0.717) is 25.7 Å². The molecule has 1 aliphatic rings. The van der Waals surface area contributed by atoms with Crippen LogP contribution >= 0.6 is 0 Å². The lowest BCUT2D eigenvalue weighted by Gasteiger charge is -2.32. The predicted octanol–water partition coefficient (Wildman–Crippen LogP) is 2.94. The first-order valence-corrected chi connectivity index (χ1v) is 6.62. The first kappa shape index (κ1) is 13.2. The minimum atomic E-state index is 0.198. The Morgan fingerprint density at radius 2 is 1.83 bits per heavy atom. The Balaban J connectivity index is 2.30. The minimum Gasteiger partial charge on any atom is -0.486 e. The quantitative estimate of drug-likeness (QED) is 0.895. The first-order valence-electron chi connectivity index (χ1n) is 6.62. The molecule has 0 aromatic heterocycles. The number of rotatable bonds is 3. The summed E-state index contributed by atoms with van der Waals surface area (Å²) in [6.45, 7) is 8.74. The van der Waals surface area contributed by atoms with Crippen LogP contribution in [0.25, 0.3) is 0 Å². The number of fused-ring (bicyclic) bond motifs is 1. The predicted molar refractivity (Wildman–Crippen MR) is 73.3 cm³/mol. The maximum Gasteiger partial charge on any atom is 0.161 e. The molecule has 2 rings (SSSR count). The molecule has 1 unspecified atom stereocenters. The third-order valence-corrected chi connectivity index (χ3v) is 3.47. The summed E-state index contributed by atoms with van der Waals surface area (Å²) >= 11 is 0. The van der Waals surface area contributed by atoms with E-state index in [-0.39, 0.29) is 5.41 Å². The van der Waals surface area contributed by atoms with E-state index in [0.717, 1.165) is 17.9 Å². The fraction of sp³-hybridized carbons (Fsp3) is 0.600. The van der Waals surface area contributed by atoms with Gasteiger partial charge in [0.2, 0.25) is 0 Å². The third kappa shape index (κ3) is 2.78. The third-order valence-electron chi connectivity index (χ3n) is 3.47. The lowest BCUT2D eigenvalue weighted by molar-refractivity contribution is 0.171. The normalized spacial score (nSPS) is 16.4. The number of hydrogen-bond donors (Lipinski definition) is 1. The standard InChI is InChI=1S/C15H23NO2/c1-15(2,3)12(6-7-16)11-4-5-13-14(10-11)18-9-8-17-13/h4-5,10,12H,6-9,16H2,1-3H3. The average Bonchev–Trinajstić information content (AvgIpc) is 2.34. The van der Waals surface area contributed by atoms with Crippen LogP contribution in [0.1, 0.15) is 38.7 Å². The Bertz CT molecular complexity index is 409. The van der Waals surface area contributed by atoms with Gasteiger partial charge in [0.1, 0.15) is 13.2 Å². The summed E-state index contributed by atoms with van der Waals surface area (Å²) in [4.78, 5) is 0. The molecule has 0 radical (unpaired) electrons. The zero-order valence-corrected chi connectivity index (χ0v) is 11.5. The van der Waals surface area contributed by atoms with Crippen molar-refractivity contribution < 1.29 is 9.47 Å². The molecule has 1 aliphatic heterocycles. The SMILES string of the molecule is CC(C)(C)C(CCN)c1ccc2c(c1)OCCO2. The van der Waals surface area contributed by atoms with E-state index in [9.17, 15) is 0 Å². The summed E-state index contributed by atoms with van der Waals surface area (Å²) in [7, 11) is 0. The van der Waals surface area contributed by atoms with Crippen molar-refractivity contribution in [1.82, 2.24) is 0 Å². The molecule has 0 bridgehead atoms. The van der Waals surface area contributed by atoms with Gasteiger partial charge in [-0.3, -0.25) is 0 Å². The highest BCUT2D eigenvalue weighted by atomic mass is 16.6. The highest BCUT2D eigenvalue weighted by Crippen LogP contribution is 2.41. The molecule has 0 spiro atoms. The Labute approximate surface area is 109 Å². The first-order chi connectivity index (χ1) is 8.52. The van der Waals surface area contributed by atoms with Crippen molar-refractivity contribution in [3.63, 3.8) is 0 Å². The van der Waals surface area contributed by atoms with Gasteiger partial charge in [0, 0.05) is 0 Å². The van der Waals surface area contributed by atoms with Crippen LogP contribution in [0.15, 0.2) is 18.2 Å². The summed E-state index contributed by atoms with van der Waals surface area (Å²) in [5.74, 6) is 2.16. The van der Waals surface area contributed by atoms with E-state index in [1.54, 1.807) is 0 Å². The monoisotopic (exact) mass is 249 g/mol. The smallest absolute Gasteiger partial charge is 0.161 e. The van der Waals surface area contributed by atoms with E-state index in [4.69, 9.17) is 15.2 Å². The van der Waals surface area contributed by atoms with E-state index < -0.39 is 0 Å². The number of hydrogen-bond acceptors (Lipinski definition) is 3. The van der Waals surface area contributed by atoms with Gasteiger partial charge in [-0.05, 0) is 42.0 Å². The molecule has 2 N–H and O–H groups in total. The second kappa shape index (κ2) is 5.19. The molecule has 0 aliphatic carbocycles. The summed E-state index contributed by atoms with van der Waals surface area (Å²) in [5.41, 5.74) is 7.23. The molecule has 100 valence electrons.